The third-order valence-corrected chi connectivity index (χ3v) is 2.43. The smallest absolute Gasteiger partial charge is 0.0894 e. The Labute approximate surface area is 66.0 Å². The van der Waals surface area contributed by atoms with E-state index in [-0.39, 0.29) is 13.3 Å². The molecule has 62 valence electrons. The van der Waals surface area contributed by atoms with Crippen LogP contribution in [0, 0.1) is 0 Å². The maximum absolute atomic E-state index is 11.5. The lowest BCUT2D eigenvalue weighted by Gasteiger charge is -2.05. The fourth-order valence-electron chi connectivity index (χ4n) is 0.534. The van der Waals surface area contributed by atoms with E-state index in [4.69, 9.17) is 5.11 Å². The Morgan fingerprint density at radius 1 is 1.50 bits per heavy atom. The fourth-order valence-corrected chi connectivity index (χ4v) is 1.41. The Hall–Kier alpha value is 0.240. The minimum absolute atomic E-state index is 0.214. The van der Waals surface area contributed by atoms with Gasteiger partial charge in [-0.15, -0.1) is 0 Å². The monoisotopic (exact) mass is 166 g/mol. The van der Waals surface area contributed by atoms with Crippen LogP contribution in [0.5, 0.6) is 0 Å². The van der Waals surface area contributed by atoms with Crippen LogP contribution >= 0.6 is 11.8 Å². The van der Waals surface area contributed by atoms with Crippen LogP contribution < -0.4 is 0 Å². The number of halogens is 1. The van der Waals surface area contributed by atoms with Gasteiger partial charge in [0.05, 0.1) is 13.3 Å². The number of alkyl halides is 1. The van der Waals surface area contributed by atoms with E-state index in [0.717, 1.165) is 12.2 Å². The third kappa shape index (κ3) is 6.36. The molecule has 0 saturated heterocycles. The van der Waals surface area contributed by atoms with Gasteiger partial charge in [-0.1, -0.05) is 6.92 Å². The van der Waals surface area contributed by atoms with E-state index < -0.39 is 0 Å². The topological polar surface area (TPSA) is 20.2 Å². The molecule has 0 spiro atoms. The molecule has 0 aromatic heterocycles. The molecule has 0 amide bonds. The first-order valence-corrected chi connectivity index (χ1v) is 4.64. The van der Waals surface area contributed by atoms with Crippen LogP contribution in [0.4, 0.5) is 4.39 Å². The van der Waals surface area contributed by atoms with Crippen LogP contribution in [-0.2, 0) is 0 Å². The Kier molecular flexibility index (Phi) is 7.52. The summed E-state index contributed by atoms with van der Waals surface area (Å²) in [5.41, 5.74) is 0. The molecule has 0 saturated carbocycles. The van der Waals surface area contributed by atoms with Crippen LogP contribution in [0.1, 0.15) is 19.8 Å². The zero-order valence-electron chi connectivity index (χ0n) is 6.35. The first-order valence-electron chi connectivity index (χ1n) is 3.59. The molecule has 0 bridgehead atoms. The number of aliphatic hydroxyl groups excluding tert-OH is 1. The SMILES string of the molecule is CC(CO)SCCCCF. The van der Waals surface area contributed by atoms with E-state index in [2.05, 4.69) is 0 Å². The van der Waals surface area contributed by atoms with Crippen molar-refractivity contribution >= 4 is 11.8 Å². The molecule has 1 nitrogen and oxygen atoms in total. The lowest BCUT2D eigenvalue weighted by molar-refractivity contribution is 0.300. The molecule has 0 aliphatic rings. The Morgan fingerprint density at radius 2 is 2.20 bits per heavy atom. The maximum atomic E-state index is 11.5. The van der Waals surface area contributed by atoms with Gasteiger partial charge < -0.3 is 5.11 Å². The van der Waals surface area contributed by atoms with E-state index in [9.17, 15) is 4.39 Å². The van der Waals surface area contributed by atoms with Gasteiger partial charge in [0.2, 0.25) is 0 Å². The molecule has 0 aromatic rings. The predicted molar refractivity (Wildman–Crippen MR) is 44.2 cm³/mol. The van der Waals surface area contributed by atoms with Crippen LogP contribution in [0.3, 0.4) is 0 Å². The highest BCUT2D eigenvalue weighted by atomic mass is 32.2. The summed E-state index contributed by atoms with van der Waals surface area (Å²) in [5, 5.41) is 8.90. The fraction of sp³-hybridized carbons (Fsp3) is 1.00. The van der Waals surface area contributed by atoms with E-state index in [1.807, 2.05) is 6.92 Å². The first-order chi connectivity index (χ1) is 4.81. The second-order valence-electron chi connectivity index (χ2n) is 2.26. The zero-order valence-corrected chi connectivity index (χ0v) is 7.16. The number of unbranched alkanes of at least 4 members (excludes halogenated alkanes) is 1. The summed E-state index contributed by atoms with van der Waals surface area (Å²) in [6.45, 7) is 1.98. The number of thioether (sulfide) groups is 1. The minimum atomic E-state index is -0.214. The quantitative estimate of drug-likeness (QED) is 0.608. The van der Waals surface area contributed by atoms with Gasteiger partial charge in [0.1, 0.15) is 0 Å². The van der Waals surface area contributed by atoms with Gasteiger partial charge in [0.25, 0.3) is 0 Å². The van der Waals surface area contributed by atoms with Gasteiger partial charge in [-0.25, -0.2) is 0 Å². The van der Waals surface area contributed by atoms with Crippen LogP contribution in [0.2, 0.25) is 0 Å². The highest BCUT2D eigenvalue weighted by Gasteiger charge is 1.98. The van der Waals surface area contributed by atoms with Gasteiger partial charge >= 0.3 is 0 Å². The third-order valence-electron chi connectivity index (χ3n) is 1.19. The zero-order chi connectivity index (χ0) is 7.82. The molecule has 0 fully saturated rings. The summed E-state index contributed by atoms with van der Waals surface area (Å²) in [7, 11) is 0. The van der Waals surface area contributed by atoms with E-state index in [1.54, 1.807) is 11.8 Å². The maximum Gasteiger partial charge on any atom is 0.0894 e. The molecule has 0 aliphatic heterocycles. The van der Waals surface area contributed by atoms with Gasteiger partial charge in [0, 0.05) is 5.25 Å². The molecule has 0 radical (unpaired) electrons. The summed E-state index contributed by atoms with van der Waals surface area (Å²) in [6.07, 6.45) is 1.58. The Morgan fingerprint density at radius 3 is 2.70 bits per heavy atom. The average molecular weight is 166 g/mol. The summed E-state index contributed by atoms with van der Waals surface area (Å²) < 4.78 is 11.5. The van der Waals surface area contributed by atoms with Crippen molar-refractivity contribution < 1.29 is 9.50 Å². The van der Waals surface area contributed by atoms with Gasteiger partial charge in [-0.2, -0.15) is 11.8 Å². The predicted octanol–water partition coefficient (Wildman–Crippen LogP) is 1.85. The van der Waals surface area contributed by atoms with Crippen molar-refractivity contribution in [3.05, 3.63) is 0 Å². The number of hydrogen-bond donors (Lipinski definition) is 1. The number of rotatable bonds is 6. The molecule has 0 heterocycles. The van der Waals surface area contributed by atoms with Crippen LogP contribution in [0.25, 0.3) is 0 Å². The van der Waals surface area contributed by atoms with Crippen molar-refractivity contribution in [2.75, 3.05) is 19.0 Å². The molecule has 0 aliphatic carbocycles. The number of hydrogen-bond acceptors (Lipinski definition) is 2. The largest absolute Gasteiger partial charge is 0.395 e. The van der Waals surface area contributed by atoms with Gasteiger partial charge in [-0.3, -0.25) is 4.39 Å². The summed E-state index contributed by atoms with van der Waals surface area (Å²) in [5.74, 6) is 0.964. The van der Waals surface area contributed by atoms with Crippen molar-refractivity contribution in [1.82, 2.24) is 0 Å². The summed E-state index contributed by atoms with van der Waals surface area (Å²) >= 11 is 1.70. The van der Waals surface area contributed by atoms with Crippen molar-refractivity contribution in [3.8, 4) is 0 Å². The lowest BCUT2D eigenvalue weighted by atomic mass is 10.4. The molecular weight excluding hydrogens is 151 g/mol. The van der Waals surface area contributed by atoms with Crippen LogP contribution in [0.15, 0.2) is 0 Å². The van der Waals surface area contributed by atoms with E-state index >= 15 is 0 Å². The first kappa shape index (κ1) is 10.2. The standard InChI is InChI=1S/C7H15FOS/c1-7(6-9)10-5-3-2-4-8/h7,9H,2-6H2,1H3. The minimum Gasteiger partial charge on any atom is -0.395 e. The molecule has 0 aromatic carbocycles. The highest BCUT2D eigenvalue weighted by Crippen LogP contribution is 2.11. The second kappa shape index (κ2) is 7.35. The second-order valence-corrected chi connectivity index (χ2v) is 3.81. The lowest BCUT2D eigenvalue weighted by Crippen LogP contribution is -2.02. The average Bonchev–Trinajstić information content (AvgIpc) is 1.98. The van der Waals surface area contributed by atoms with Gasteiger partial charge in [0.15, 0.2) is 0 Å². The molecule has 0 rings (SSSR count). The van der Waals surface area contributed by atoms with E-state index in [0.29, 0.717) is 11.7 Å². The van der Waals surface area contributed by atoms with Crippen molar-refractivity contribution in [3.63, 3.8) is 0 Å². The Bertz CT molecular complexity index is 70.6. The van der Waals surface area contributed by atoms with Crippen LogP contribution in [-0.4, -0.2) is 29.4 Å². The summed E-state index contributed by atoms with van der Waals surface area (Å²) in [6, 6.07) is 0. The van der Waals surface area contributed by atoms with Crippen molar-refractivity contribution in [1.29, 1.82) is 0 Å². The molecule has 10 heavy (non-hydrogen) atoms. The molecule has 3 heteroatoms. The number of aliphatic hydroxyl groups is 1. The van der Waals surface area contributed by atoms with Crippen molar-refractivity contribution in [2.24, 2.45) is 0 Å². The van der Waals surface area contributed by atoms with E-state index in [1.165, 1.54) is 0 Å². The molecule has 1 atom stereocenters. The molecule has 1 N–H and O–H groups in total. The highest BCUT2D eigenvalue weighted by molar-refractivity contribution is 7.99. The summed E-state index contributed by atoms with van der Waals surface area (Å²) in [4.78, 5) is 0. The van der Waals surface area contributed by atoms with Crippen molar-refractivity contribution in [2.45, 2.75) is 25.0 Å². The Balaban J connectivity index is 2.89. The molecule has 1 unspecified atom stereocenters. The van der Waals surface area contributed by atoms with Gasteiger partial charge in [-0.05, 0) is 18.6 Å². The normalized spacial score (nSPS) is 13.5. The molecular formula is C7H15FOS.